The summed E-state index contributed by atoms with van der Waals surface area (Å²) in [4.78, 5) is 22.4. The van der Waals surface area contributed by atoms with E-state index in [0.717, 1.165) is 78.4 Å². The second-order valence-electron chi connectivity index (χ2n) is 9.48. The van der Waals surface area contributed by atoms with Crippen LogP contribution in [0.1, 0.15) is 55.0 Å². The van der Waals surface area contributed by atoms with Gasteiger partial charge in [0.05, 0.1) is 17.4 Å². The SMILES string of the molecule is CNCc1c(F)cnc2c(C(C)CCNc3cc(-c4cnc(C5CCOCC5)nc4)ncn3)cccc12. The average Bonchev–Trinajstić information content (AvgIpc) is 2.95. The first kappa shape index (κ1) is 25.1. The van der Waals surface area contributed by atoms with Crippen molar-refractivity contribution in [3.8, 4) is 11.3 Å². The molecule has 37 heavy (non-hydrogen) atoms. The second kappa shape index (κ2) is 11.7. The van der Waals surface area contributed by atoms with Crippen molar-refractivity contribution in [1.82, 2.24) is 30.2 Å². The van der Waals surface area contributed by atoms with Crippen molar-refractivity contribution in [3.05, 3.63) is 72.0 Å². The molecule has 1 atom stereocenters. The summed E-state index contributed by atoms with van der Waals surface area (Å²) in [7, 11) is 1.82. The van der Waals surface area contributed by atoms with Crippen molar-refractivity contribution in [2.75, 3.05) is 32.1 Å². The van der Waals surface area contributed by atoms with Gasteiger partial charge in [0.1, 0.15) is 23.8 Å². The molecule has 1 aliphatic heterocycles. The number of hydrogen-bond donors (Lipinski definition) is 2. The van der Waals surface area contributed by atoms with E-state index in [1.165, 1.54) is 6.20 Å². The zero-order valence-corrected chi connectivity index (χ0v) is 21.2. The Morgan fingerprint density at radius 1 is 1.05 bits per heavy atom. The lowest BCUT2D eigenvalue weighted by Crippen LogP contribution is -2.16. The molecule has 1 aliphatic rings. The number of para-hydroxylation sites is 1. The minimum Gasteiger partial charge on any atom is -0.381 e. The van der Waals surface area contributed by atoms with Crippen molar-refractivity contribution >= 4 is 16.7 Å². The first-order chi connectivity index (χ1) is 18.1. The van der Waals surface area contributed by atoms with Crippen LogP contribution >= 0.6 is 0 Å². The Balaban J connectivity index is 1.23. The lowest BCUT2D eigenvalue weighted by Gasteiger charge is -2.20. The molecule has 0 aliphatic carbocycles. The maximum atomic E-state index is 14.4. The van der Waals surface area contributed by atoms with E-state index < -0.39 is 0 Å². The zero-order valence-electron chi connectivity index (χ0n) is 21.2. The van der Waals surface area contributed by atoms with E-state index in [9.17, 15) is 4.39 Å². The molecule has 3 aromatic heterocycles. The molecule has 4 heterocycles. The highest BCUT2D eigenvalue weighted by Crippen LogP contribution is 2.29. The molecule has 1 saturated heterocycles. The van der Waals surface area contributed by atoms with Gasteiger partial charge in [-0.25, -0.2) is 24.3 Å². The normalized spacial score (nSPS) is 15.1. The van der Waals surface area contributed by atoms with Crippen molar-refractivity contribution in [2.45, 2.75) is 44.6 Å². The molecule has 5 rings (SSSR count). The first-order valence-electron chi connectivity index (χ1n) is 12.8. The molecule has 0 spiro atoms. The molecule has 1 unspecified atom stereocenters. The van der Waals surface area contributed by atoms with E-state index in [1.807, 2.05) is 37.6 Å². The van der Waals surface area contributed by atoms with Gasteiger partial charge in [-0.05, 0) is 37.8 Å². The van der Waals surface area contributed by atoms with Gasteiger partial charge < -0.3 is 15.4 Å². The van der Waals surface area contributed by atoms with Crippen LogP contribution in [0.4, 0.5) is 10.2 Å². The third kappa shape index (κ3) is 5.73. The van der Waals surface area contributed by atoms with Crippen LogP contribution in [0.25, 0.3) is 22.2 Å². The summed E-state index contributed by atoms with van der Waals surface area (Å²) in [5.41, 5.74) is 4.26. The van der Waals surface area contributed by atoms with Crippen LogP contribution in [0.5, 0.6) is 0 Å². The number of ether oxygens (including phenoxy) is 1. The lowest BCUT2D eigenvalue weighted by molar-refractivity contribution is 0.0836. The number of nitrogens with one attached hydrogen (secondary N) is 2. The van der Waals surface area contributed by atoms with Crippen molar-refractivity contribution in [3.63, 3.8) is 0 Å². The fourth-order valence-corrected chi connectivity index (χ4v) is 4.85. The fraction of sp³-hybridized carbons (Fsp3) is 0.393. The zero-order chi connectivity index (χ0) is 25.6. The number of fused-ring (bicyclic) bond motifs is 1. The Morgan fingerprint density at radius 3 is 2.65 bits per heavy atom. The van der Waals surface area contributed by atoms with Gasteiger partial charge in [0, 0.05) is 67.2 Å². The Labute approximate surface area is 216 Å². The number of halogens is 1. The summed E-state index contributed by atoms with van der Waals surface area (Å²) < 4.78 is 19.8. The molecule has 0 saturated carbocycles. The Hall–Kier alpha value is -3.56. The van der Waals surface area contributed by atoms with Crippen LogP contribution in [-0.2, 0) is 11.3 Å². The monoisotopic (exact) mass is 501 g/mol. The third-order valence-electron chi connectivity index (χ3n) is 6.98. The molecule has 192 valence electrons. The van der Waals surface area contributed by atoms with Gasteiger partial charge in [0.25, 0.3) is 0 Å². The number of hydrogen-bond acceptors (Lipinski definition) is 8. The Kier molecular flexibility index (Phi) is 7.91. The summed E-state index contributed by atoms with van der Waals surface area (Å²) in [6.45, 7) is 4.88. The number of anilines is 1. The lowest BCUT2D eigenvalue weighted by atomic mass is 9.93. The van der Waals surface area contributed by atoms with Gasteiger partial charge in [0.2, 0.25) is 0 Å². The van der Waals surface area contributed by atoms with Crippen LogP contribution < -0.4 is 10.6 Å². The molecule has 2 N–H and O–H groups in total. The summed E-state index contributed by atoms with van der Waals surface area (Å²) in [6, 6.07) is 7.92. The van der Waals surface area contributed by atoms with Crippen molar-refractivity contribution in [2.24, 2.45) is 0 Å². The molecule has 1 fully saturated rings. The van der Waals surface area contributed by atoms with E-state index in [0.29, 0.717) is 18.0 Å². The summed E-state index contributed by atoms with van der Waals surface area (Å²) >= 11 is 0. The van der Waals surface area contributed by atoms with Crippen LogP contribution in [0, 0.1) is 5.82 Å². The summed E-state index contributed by atoms with van der Waals surface area (Å²) in [6.07, 6.45) is 9.34. The highest BCUT2D eigenvalue weighted by molar-refractivity contribution is 5.85. The van der Waals surface area contributed by atoms with E-state index >= 15 is 0 Å². The molecule has 4 aromatic rings. The predicted octanol–water partition coefficient (Wildman–Crippen LogP) is 4.84. The van der Waals surface area contributed by atoms with E-state index in [1.54, 1.807) is 6.33 Å². The predicted molar refractivity (Wildman–Crippen MR) is 142 cm³/mol. The summed E-state index contributed by atoms with van der Waals surface area (Å²) in [5.74, 6) is 1.93. The van der Waals surface area contributed by atoms with Crippen LogP contribution in [0.2, 0.25) is 0 Å². The average molecular weight is 502 g/mol. The maximum absolute atomic E-state index is 14.4. The number of benzene rings is 1. The van der Waals surface area contributed by atoms with Gasteiger partial charge in [-0.3, -0.25) is 4.98 Å². The van der Waals surface area contributed by atoms with E-state index in [4.69, 9.17) is 4.74 Å². The minimum atomic E-state index is -0.281. The van der Waals surface area contributed by atoms with Gasteiger partial charge in [-0.1, -0.05) is 25.1 Å². The van der Waals surface area contributed by atoms with Crippen molar-refractivity contribution in [1.29, 1.82) is 0 Å². The maximum Gasteiger partial charge on any atom is 0.146 e. The standard InChI is InChI=1S/C28H32FN7O/c1-18(21-4-3-5-22-23(15-30-2)24(29)16-32-27(21)22)6-9-31-26-12-25(35-17-36-26)20-13-33-28(34-14-20)19-7-10-37-11-8-19/h3-5,12-14,16-19,30H,6-11,15H2,1-2H3,(H,31,35,36). The third-order valence-corrected chi connectivity index (χ3v) is 6.98. The Bertz CT molecular complexity index is 1340. The molecule has 0 radical (unpaired) electrons. The second-order valence-corrected chi connectivity index (χ2v) is 9.48. The first-order valence-corrected chi connectivity index (χ1v) is 12.8. The molecular weight excluding hydrogens is 469 g/mol. The van der Waals surface area contributed by atoms with Gasteiger partial charge >= 0.3 is 0 Å². The smallest absolute Gasteiger partial charge is 0.146 e. The number of pyridine rings is 1. The quantitative estimate of drug-likeness (QED) is 0.336. The summed E-state index contributed by atoms with van der Waals surface area (Å²) in [5, 5.41) is 7.32. The molecule has 1 aromatic carbocycles. The van der Waals surface area contributed by atoms with E-state index in [2.05, 4.69) is 48.5 Å². The highest BCUT2D eigenvalue weighted by Gasteiger charge is 2.19. The number of aromatic nitrogens is 5. The fourth-order valence-electron chi connectivity index (χ4n) is 4.85. The van der Waals surface area contributed by atoms with Crippen LogP contribution in [0.15, 0.2) is 49.2 Å². The minimum absolute atomic E-state index is 0.226. The van der Waals surface area contributed by atoms with E-state index in [-0.39, 0.29) is 11.7 Å². The molecular formula is C28H32FN7O. The Morgan fingerprint density at radius 2 is 1.86 bits per heavy atom. The molecule has 9 heteroatoms. The van der Waals surface area contributed by atoms with Gasteiger partial charge in [-0.2, -0.15) is 0 Å². The number of nitrogens with zero attached hydrogens (tertiary/aromatic N) is 5. The van der Waals surface area contributed by atoms with Gasteiger partial charge in [-0.15, -0.1) is 0 Å². The molecule has 0 amide bonds. The highest BCUT2D eigenvalue weighted by atomic mass is 19.1. The van der Waals surface area contributed by atoms with Gasteiger partial charge in [0.15, 0.2) is 0 Å². The molecule has 0 bridgehead atoms. The van der Waals surface area contributed by atoms with Crippen LogP contribution in [-0.4, -0.2) is 51.7 Å². The largest absolute Gasteiger partial charge is 0.381 e. The number of rotatable bonds is 9. The molecule has 8 nitrogen and oxygen atoms in total. The van der Waals surface area contributed by atoms with Crippen molar-refractivity contribution < 1.29 is 9.13 Å². The topological polar surface area (TPSA) is 97.7 Å². The van der Waals surface area contributed by atoms with Crippen LogP contribution in [0.3, 0.4) is 0 Å².